The van der Waals surface area contributed by atoms with E-state index in [4.69, 9.17) is 14.0 Å². The summed E-state index contributed by atoms with van der Waals surface area (Å²) >= 11 is 0. The van der Waals surface area contributed by atoms with Gasteiger partial charge in [-0.25, -0.2) is 5.43 Å². The van der Waals surface area contributed by atoms with E-state index in [-0.39, 0.29) is 36.0 Å². The molecule has 0 aliphatic carbocycles. The molecule has 1 saturated heterocycles. The lowest BCUT2D eigenvalue weighted by Crippen LogP contribution is -2.48. The van der Waals surface area contributed by atoms with E-state index < -0.39 is 11.7 Å². The fourth-order valence-electron chi connectivity index (χ4n) is 5.87. The number of alkyl halides is 3. The number of phenolic OH excluding ortho intramolecular Hbond substituents is 1. The van der Waals surface area contributed by atoms with Crippen molar-refractivity contribution in [2.24, 2.45) is 5.10 Å². The highest BCUT2D eigenvalue weighted by atomic mass is 19.4. The number of ether oxygens (including phenoxy) is 2. The molecule has 0 saturated carbocycles. The third-order valence-electron chi connectivity index (χ3n) is 9.08. The van der Waals surface area contributed by atoms with Crippen molar-refractivity contribution in [1.29, 1.82) is 0 Å². The molecule has 0 spiro atoms. The average molecular weight is 757 g/mol. The Hall–Kier alpha value is -5.73. The Morgan fingerprint density at radius 1 is 0.891 bits per heavy atom. The molecule has 1 amide bonds. The van der Waals surface area contributed by atoms with Crippen LogP contribution in [0.4, 0.5) is 13.2 Å². The molecule has 1 fully saturated rings. The van der Waals surface area contributed by atoms with Crippen molar-refractivity contribution in [3.63, 3.8) is 0 Å². The molecule has 6 rings (SSSR count). The van der Waals surface area contributed by atoms with Crippen LogP contribution in [0, 0.1) is 0 Å². The molecule has 14 heteroatoms. The van der Waals surface area contributed by atoms with E-state index in [1.807, 2.05) is 17.0 Å². The lowest BCUT2D eigenvalue weighted by Gasteiger charge is -2.33. The van der Waals surface area contributed by atoms with Gasteiger partial charge in [-0.2, -0.15) is 23.3 Å². The number of hydrazone groups is 1. The molecule has 55 heavy (non-hydrogen) atoms. The molecule has 0 unspecified atom stereocenters. The van der Waals surface area contributed by atoms with Crippen LogP contribution in [-0.2, 0) is 36.1 Å². The van der Waals surface area contributed by atoms with Crippen molar-refractivity contribution in [2.45, 2.75) is 52.1 Å². The minimum Gasteiger partial charge on any atom is -0.507 e. The van der Waals surface area contributed by atoms with Crippen molar-refractivity contribution < 1.29 is 37.1 Å². The number of amides is 1. The van der Waals surface area contributed by atoms with Crippen LogP contribution in [0.1, 0.15) is 54.5 Å². The SMILES string of the molecule is CC(C)(C)c1ccc(COc2ccc(C=NNC(=O)CN3CCN(Cc4nc(-c5ccc(COc6ccccc6C(F)(F)F)cc5)no4)CC3)c(O)c2)cc1. The first kappa shape index (κ1) is 39.0. The van der Waals surface area contributed by atoms with Crippen molar-refractivity contribution in [3.8, 4) is 28.6 Å². The van der Waals surface area contributed by atoms with Crippen LogP contribution in [0.15, 0.2) is 101 Å². The number of rotatable bonds is 13. The van der Waals surface area contributed by atoms with Crippen molar-refractivity contribution >= 4 is 12.1 Å². The Morgan fingerprint density at radius 2 is 1.55 bits per heavy atom. The van der Waals surface area contributed by atoms with Crippen LogP contribution in [-0.4, -0.2) is 69.9 Å². The molecular formula is C41H43F3N6O5. The van der Waals surface area contributed by atoms with Crippen LogP contribution in [0.3, 0.4) is 0 Å². The van der Waals surface area contributed by atoms with E-state index in [1.165, 1.54) is 36.0 Å². The minimum atomic E-state index is -4.50. The van der Waals surface area contributed by atoms with Crippen molar-refractivity contribution in [3.05, 3.63) is 125 Å². The number of aromatic hydroxyl groups is 1. The van der Waals surface area contributed by atoms with E-state index in [0.29, 0.717) is 73.5 Å². The quantitative estimate of drug-likeness (QED) is 0.0950. The minimum absolute atomic E-state index is 0.0146. The highest BCUT2D eigenvalue weighted by Crippen LogP contribution is 2.36. The van der Waals surface area contributed by atoms with Crippen LogP contribution in [0.5, 0.6) is 17.2 Å². The second-order valence-electron chi connectivity index (χ2n) is 14.3. The molecule has 0 atom stereocenters. The van der Waals surface area contributed by atoms with Gasteiger partial charge in [-0.15, -0.1) is 0 Å². The number of carbonyl (C=O) groups is 1. The second kappa shape index (κ2) is 17.2. The fraction of sp³-hybridized carbons (Fsp3) is 0.317. The lowest BCUT2D eigenvalue weighted by atomic mass is 9.87. The standard InChI is InChI=1S/C41H43F3N6O5/c1-40(2,3)32-15-10-29(11-16-32)26-53-33-17-14-31(35(51)22-33)23-45-47-37(52)24-49-18-20-50(21-19-49)25-38-46-39(48-55-38)30-12-8-28(9-13-30)27-54-36-7-5-4-6-34(36)41(42,43)44/h4-17,22-23,51H,18-21,24-27H2,1-3H3,(H,47,52). The smallest absolute Gasteiger partial charge is 0.419 e. The first-order valence-electron chi connectivity index (χ1n) is 17.8. The summed E-state index contributed by atoms with van der Waals surface area (Å²) in [5.74, 6) is 0.852. The van der Waals surface area contributed by atoms with Gasteiger partial charge in [-0.05, 0) is 46.4 Å². The number of hydrogen-bond donors (Lipinski definition) is 2. The number of aromatic nitrogens is 2. The summed E-state index contributed by atoms with van der Waals surface area (Å²) in [4.78, 5) is 21.3. The first-order chi connectivity index (χ1) is 26.3. The zero-order valence-corrected chi connectivity index (χ0v) is 30.8. The molecule has 2 N–H and O–H groups in total. The number of para-hydroxylation sites is 1. The Balaban J connectivity index is 0.897. The molecule has 1 aliphatic rings. The summed E-state index contributed by atoms with van der Waals surface area (Å²) in [6.45, 7) is 10.1. The number of halogens is 3. The molecular weight excluding hydrogens is 713 g/mol. The number of nitrogens with one attached hydrogen (secondary N) is 1. The van der Waals surface area contributed by atoms with E-state index in [0.717, 1.165) is 11.6 Å². The largest absolute Gasteiger partial charge is 0.507 e. The van der Waals surface area contributed by atoms with Gasteiger partial charge in [-0.3, -0.25) is 14.6 Å². The van der Waals surface area contributed by atoms with E-state index in [2.05, 4.69) is 58.5 Å². The Morgan fingerprint density at radius 3 is 2.22 bits per heavy atom. The van der Waals surface area contributed by atoms with Crippen LogP contribution in [0.2, 0.25) is 0 Å². The maximum absolute atomic E-state index is 13.3. The third-order valence-corrected chi connectivity index (χ3v) is 9.08. The fourth-order valence-corrected chi connectivity index (χ4v) is 5.87. The second-order valence-corrected chi connectivity index (χ2v) is 14.3. The summed E-state index contributed by atoms with van der Waals surface area (Å²) in [6.07, 6.45) is -3.11. The van der Waals surface area contributed by atoms with Crippen molar-refractivity contribution in [1.82, 2.24) is 25.4 Å². The summed E-state index contributed by atoms with van der Waals surface area (Å²) in [5.41, 5.74) is 5.88. The van der Waals surface area contributed by atoms with E-state index in [9.17, 15) is 23.1 Å². The number of benzene rings is 4. The zero-order valence-electron chi connectivity index (χ0n) is 30.8. The molecule has 0 radical (unpaired) electrons. The topological polar surface area (TPSA) is 126 Å². The summed E-state index contributed by atoms with van der Waals surface area (Å²) in [5, 5.41) is 18.6. The van der Waals surface area contributed by atoms with Gasteiger partial charge in [0.05, 0.1) is 24.9 Å². The summed E-state index contributed by atoms with van der Waals surface area (Å²) < 4.78 is 56.6. The van der Waals surface area contributed by atoms with Gasteiger partial charge < -0.3 is 19.1 Å². The van der Waals surface area contributed by atoms with Gasteiger partial charge in [0.25, 0.3) is 5.91 Å². The predicted molar refractivity (Wildman–Crippen MR) is 201 cm³/mol. The van der Waals surface area contributed by atoms with Gasteiger partial charge in [0.1, 0.15) is 30.5 Å². The molecule has 1 aliphatic heterocycles. The molecule has 0 bridgehead atoms. The normalized spacial score (nSPS) is 14.3. The molecule has 5 aromatic rings. The number of phenols is 1. The zero-order chi connectivity index (χ0) is 39.0. The number of nitrogens with zero attached hydrogens (tertiary/aromatic N) is 5. The van der Waals surface area contributed by atoms with E-state index in [1.54, 1.807) is 36.4 Å². The van der Waals surface area contributed by atoms with Crippen LogP contribution in [0.25, 0.3) is 11.4 Å². The first-order valence-corrected chi connectivity index (χ1v) is 17.8. The van der Waals surface area contributed by atoms with Gasteiger partial charge in [0, 0.05) is 43.4 Å². The molecule has 4 aromatic carbocycles. The van der Waals surface area contributed by atoms with Crippen LogP contribution < -0.4 is 14.9 Å². The van der Waals surface area contributed by atoms with E-state index >= 15 is 0 Å². The maximum Gasteiger partial charge on any atom is 0.419 e. The lowest BCUT2D eigenvalue weighted by molar-refractivity contribution is -0.139. The monoisotopic (exact) mass is 756 g/mol. The number of carbonyl (C=O) groups excluding carboxylic acids is 1. The third kappa shape index (κ3) is 10.9. The number of piperazine rings is 1. The Labute approximate surface area is 317 Å². The summed E-state index contributed by atoms with van der Waals surface area (Å²) in [7, 11) is 0. The maximum atomic E-state index is 13.3. The van der Waals surface area contributed by atoms with Gasteiger partial charge in [0.2, 0.25) is 11.7 Å². The van der Waals surface area contributed by atoms with Gasteiger partial charge in [-0.1, -0.05) is 86.6 Å². The average Bonchev–Trinajstić information content (AvgIpc) is 3.63. The molecule has 2 heterocycles. The highest BCUT2D eigenvalue weighted by molar-refractivity contribution is 5.85. The Kier molecular flexibility index (Phi) is 12.2. The predicted octanol–water partition coefficient (Wildman–Crippen LogP) is 7.18. The van der Waals surface area contributed by atoms with Gasteiger partial charge >= 0.3 is 6.18 Å². The molecule has 1 aromatic heterocycles. The molecule has 288 valence electrons. The summed E-state index contributed by atoms with van der Waals surface area (Å²) in [6, 6.07) is 25.3. The highest BCUT2D eigenvalue weighted by Gasteiger charge is 2.34. The van der Waals surface area contributed by atoms with Gasteiger partial charge in [0.15, 0.2) is 0 Å². The van der Waals surface area contributed by atoms with Crippen molar-refractivity contribution in [2.75, 3.05) is 32.7 Å². The Bertz CT molecular complexity index is 2070. The number of hydrogen-bond acceptors (Lipinski definition) is 10. The van der Waals surface area contributed by atoms with Crippen LogP contribution >= 0.6 is 0 Å². The molecule has 11 nitrogen and oxygen atoms in total.